The molecular formula is C15H13F3N4OS. The molecule has 1 aromatic carbocycles. The van der Waals surface area contributed by atoms with E-state index in [2.05, 4.69) is 15.1 Å². The van der Waals surface area contributed by atoms with Crippen molar-refractivity contribution in [2.75, 3.05) is 5.75 Å². The maximum Gasteiger partial charge on any atom is 0.350 e. The number of hydrogen-bond acceptors (Lipinski definition) is 4. The van der Waals surface area contributed by atoms with Gasteiger partial charge in [0.25, 0.3) is 0 Å². The molecule has 2 aromatic heterocycles. The van der Waals surface area contributed by atoms with Crippen LogP contribution in [0.2, 0.25) is 0 Å². The van der Waals surface area contributed by atoms with Crippen LogP contribution in [0.5, 0.6) is 0 Å². The Morgan fingerprint density at radius 3 is 2.67 bits per heavy atom. The molecule has 9 heteroatoms. The average molecular weight is 354 g/mol. The predicted molar refractivity (Wildman–Crippen MR) is 85.1 cm³/mol. The van der Waals surface area contributed by atoms with E-state index in [0.717, 1.165) is 16.3 Å². The van der Waals surface area contributed by atoms with Gasteiger partial charge >= 0.3 is 5.69 Å². The lowest BCUT2D eigenvalue weighted by atomic mass is 10.1. The van der Waals surface area contributed by atoms with Gasteiger partial charge in [0, 0.05) is 17.7 Å². The monoisotopic (exact) mass is 354 g/mol. The van der Waals surface area contributed by atoms with E-state index in [-0.39, 0.29) is 23.1 Å². The predicted octanol–water partition coefficient (Wildman–Crippen LogP) is 3.28. The molecule has 0 saturated heterocycles. The summed E-state index contributed by atoms with van der Waals surface area (Å²) >= 11 is 1.05. The van der Waals surface area contributed by atoms with Gasteiger partial charge in [-0.05, 0) is 24.6 Å². The second-order valence-corrected chi connectivity index (χ2v) is 6.16. The maximum absolute atomic E-state index is 13.1. The van der Waals surface area contributed by atoms with E-state index in [1.165, 1.54) is 12.1 Å². The second kappa shape index (κ2) is 6.68. The third kappa shape index (κ3) is 3.30. The highest BCUT2D eigenvalue weighted by molar-refractivity contribution is 7.99. The summed E-state index contributed by atoms with van der Waals surface area (Å²) in [5, 5.41) is 4.40. The lowest BCUT2D eigenvalue weighted by Gasteiger charge is -2.03. The van der Waals surface area contributed by atoms with Gasteiger partial charge in [-0.2, -0.15) is 9.61 Å². The number of aromatic nitrogens is 4. The Morgan fingerprint density at radius 2 is 2.00 bits per heavy atom. The zero-order valence-electron chi connectivity index (χ0n) is 12.6. The highest BCUT2D eigenvalue weighted by Gasteiger charge is 2.16. The summed E-state index contributed by atoms with van der Waals surface area (Å²) in [4.78, 5) is 19.0. The van der Waals surface area contributed by atoms with Gasteiger partial charge in [0.2, 0.25) is 6.43 Å². The molecule has 1 N–H and O–H groups in total. The zero-order chi connectivity index (χ0) is 17.3. The summed E-state index contributed by atoms with van der Waals surface area (Å²) in [5.41, 5.74) is 1.65. The van der Waals surface area contributed by atoms with E-state index in [1.807, 2.05) is 0 Å². The van der Waals surface area contributed by atoms with Crippen molar-refractivity contribution in [3.05, 3.63) is 46.3 Å². The molecule has 0 aliphatic rings. The molecule has 3 aromatic rings. The van der Waals surface area contributed by atoms with Gasteiger partial charge < -0.3 is 0 Å². The number of hydrogen-bond donors (Lipinski definition) is 1. The molecule has 0 radical (unpaired) electrons. The molecule has 24 heavy (non-hydrogen) atoms. The fourth-order valence-electron chi connectivity index (χ4n) is 2.30. The molecule has 0 unspecified atom stereocenters. The minimum Gasteiger partial charge on any atom is -0.285 e. The smallest absolute Gasteiger partial charge is 0.285 e. The molecule has 0 aliphatic carbocycles. The van der Waals surface area contributed by atoms with Crippen molar-refractivity contribution in [3.63, 3.8) is 0 Å². The third-order valence-electron chi connectivity index (χ3n) is 3.36. The number of rotatable bonds is 5. The quantitative estimate of drug-likeness (QED) is 0.714. The number of thioether (sulfide) groups is 1. The van der Waals surface area contributed by atoms with Crippen LogP contribution in [0.4, 0.5) is 13.2 Å². The summed E-state index contributed by atoms with van der Waals surface area (Å²) in [6.07, 6.45) is -2.69. The second-order valence-electron chi connectivity index (χ2n) is 5.08. The topological polar surface area (TPSA) is 63.1 Å². The van der Waals surface area contributed by atoms with Crippen LogP contribution in [0.1, 0.15) is 12.1 Å². The standard InChI is InChI=1S/C15H13F3N4OS/c1-8-12(9-2-4-10(16)5-3-9)13-19-14(24-7-6-11(17)18)20-15(23)22(13)21-8/h2-5,11H,6-7H2,1H3,(H,19,20,23). The number of nitrogens with one attached hydrogen (secondary N) is 1. The molecule has 5 nitrogen and oxygen atoms in total. The Balaban J connectivity index is 2.06. The number of halogens is 3. The van der Waals surface area contributed by atoms with E-state index >= 15 is 0 Å². The highest BCUT2D eigenvalue weighted by atomic mass is 32.2. The molecule has 0 saturated carbocycles. The van der Waals surface area contributed by atoms with Crippen LogP contribution in [-0.2, 0) is 0 Å². The van der Waals surface area contributed by atoms with Gasteiger partial charge in [-0.25, -0.2) is 22.9 Å². The molecule has 126 valence electrons. The molecule has 0 amide bonds. The molecule has 0 aliphatic heterocycles. The van der Waals surface area contributed by atoms with Gasteiger partial charge in [0.05, 0.1) is 5.69 Å². The van der Waals surface area contributed by atoms with Crippen molar-refractivity contribution in [2.45, 2.75) is 24.9 Å². The SMILES string of the molecule is Cc1nn2c(=O)[nH]c(SCCC(F)F)nc2c1-c1ccc(F)cc1. The lowest BCUT2D eigenvalue weighted by Crippen LogP contribution is -2.19. The fourth-order valence-corrected chi connectivity index (χ4v) is 3.10. The van der Waals surface area contributed by atoms with E-state index in [1.54, 1.807) is 19.1 Å². The zero-order valence-corrected chi connectivity index (χ0v) is 13.4. The van der Waals surface area contributed by atoms with Crippen molar-refractivity contribution < 1.29 is 13.2 Å². The van der Waals surface area contributed by atoms with Crippen LogP contribution in [0.25, 0.3) is 16.8 Å². The van der Waals surface area contributed by atoms with E-state index < -0.39 is 12.1 Å². The van der Waals surface area contributed by atoms with Gasteiger partial charge in [-0.1, -0.05) is 23.9 Å². The summed E-state index contributed by atoms with van der Waals surface area (Å²) in [5.74, 6) is -0.239. The van der Waals surface area contributed by atoms with Gasteiger partial charge in [0.1, 0.15) is 5.82 Å². The van der Waals surface area contributed by atoms with Crippen LogP contribution in [0.15, 0.2) is 34.2 Å². The molecular weight excluding hydrogens is 341 g/mol. The first-order chi connectivity index (χ1) is 11.5. The van der Waals surface area contributed by atoms with E-state index in [4.69, 9.17) is 0 Å². The minimum absolute atomic E-state index is 0.135. The Hall–Kier alpha value is -2.29. The van der Waals surface area contributed by atoms with Crippen molar-refractivity contribution in [1.29, 1.82) is 0 Å². The number of benzene rings is 1. The summed E-state index contributed by atoms with van der Waals surface area (Å²) in [7, 11) is 0. The van der Waals surface area contributed by atoms with Crippen LogP contribution in [-0.4, -0.2) is 31.8 Å². The number of fused-ring (bicyclic) bond motifs is 1. The molecule has 0 bridgehead atoms. The third-order valence-corrected chi connectivity index (χ3v) is 4.26. The normalized spacial score (nSPS) is 11.5. The average Bonchev–Trinajstić information content (AvgIpc) is 2.85. The van der Waals surface area contributed by atoms with Crippen molar-refractivity contribution >= 4 is 17.4 Å². The molecule has 0 spiro atoms. The minimum atomic E-state index is -2.40. The first-order valence-electron chi connectivity index (χ1n) is 7.12. The maximum atomic E-state index is 13.1. The first-order valence-corrected chi connectivity index (χ1v) is 8.11. The number of aryl methyl sites for hydroxylation is 1. The highest BCUT2D eigenvalue weighted by Crippen LogP contribution is 2.27. The fraction of sp³-hybridized carbons (Fsp3) is 0.267. The van der Waals surface area contributed by atoms with Crippen LogP contribution >= 0.6 is 11.8 Å². The molecule has 2 heterocycles. The van der Waals surface area contributed by atoms with Crippen molar-refractivity contribution in [3.8, 4) is 11.1 Å². The van der Waals surface area contributed by atoms with E-state index in [0.29, 0.717) is 22.5 Å². The van der Waals surface area contributed by atoms with Crippen LogP contribution in [0, 0.1) is 12.7 Å². The lowest BCUT2D eigenvalue weighted by molar-refractivity contribution is 0.145. The van der Waals surface area contributed by atoms with Gasteiger partial charge in [0.15, 0.2) is 10.8 Å². The number of aromatic amines is 1. The number of nitrogens with zero attached hydrogens (tertiary/aromatic N) is 3. The largest absolute Gasteiger partial charge is 0.350 e. The molecule has 3 rings (SSSR count). The molecule has 0 fully saturated rings. The Kier molecular flexibility index (Phi) is 4.61. The summed E-state index contributed by atoms with van der Waals surface area (Å²) in [6.45, 7) is 1.72. The van der Waals surface area contributed by atoms with Crippen molar-refractivity contribution in [1.82, 2.24) is 19.6 Å². The van der Waals surface area contributed by atoms with Crippen LogP contribution in [0.3, 0.4) is 0 Å². The van der Waals surface area contributed by atoms with Crippen molar-refractivity contribution in [2.24, 2.45) is 0 Å². The Bertz CT molecular complexity index is 921. The number of H-pyrrole nitrogens is 1. The van der Waals surface area contributed by atoms with Gasteiger partial charge in [-0.3, -0.25) is 4.98 Å². The summed E-state index contributed by atoms with van der Waals surface area (Å²) < 4.78 is 38.7. The number of alkyl halides is 2. The van der Waals surface area contributed by atoms with Gasteiger partial charge in [-0.15, -0.1) is 0 Å². The Labute approximate surface area is 138 Å². The summed E-state index contributed by atoms with van der Waals surface area (Å²) in [6, 6.07) is 5.77. The van der Waals surface area contributed by atoms with E-state index in [9.17, 15) is 18.0 Å². The first kappa shape index (κ1) is 16.6. The molecule has 0 atom stereocenters. The van der Waals surface area contributed by atoms with Crippen LogP contribution < -0.4 is 5.69 Å². The Morgan fingerprint density at radius 1 is 1.29 bits per heavy atom.